The van der Waals surface area contributed by atoms with Crippen molar-refractivity contribution < 1.29 is 9.57 Å². The van der Waals surface area contributed by atoms with E-state index in [9.17, 15) is 0 Å². The number of unbranched alkanes of at least 4 members (excludes halogenated alkanes) is 3. The predicted octanol–water partition coefficient (Wildman–Crippen LogP) is 3.15. The van der Waals surface area contributed by atoms with Crippen molar-refractivity contribution in [3.63, 3.8) is 0 Å². The van der Waals surface area contributed by atoms with Crippen LogP contribution in [0.4, 0.5) is 0 Å². The van der Waals surface area contributed by atoms with Gasteiger partial charge >= 0.3 is 0 Å². The first kappa shape index (κ1) is 13.0. The van der Waals surface area contributed by atoms with Gasteiger partial charge in [0.2, 0.25) is 12.4 Å². The van der Waals surface area contributed by atoms with Crippen molar-refractivity contribution in [3.8, 4) is 0 Å². The summed E-state index contributed by atoms with van der Waals surface area (Å²) in [5, 5.41) is 0. The standard InChI is InChI=1S/C14H24NO/c1-3-5-6-8-11-14(4-2)16-15-12-9-7-10-13-15/h7,9-10,12-14H,3-6,8,11H2,1-2H3/q+1. The Morgan fingerprint density at radius 3 is 2.38 bits per heavy atom. The Hall–Kier alpha value is -1.05. The molecule has 0 amide bonds. The van der Waals surface area contributed by atoms with E-state index in [1.165, 1.54) is 32.1 Å². The summed E-state index contributed by atoms with van der Waals surface area (Å²) >= 11 is 0. The Bertz CT molecular complexity index is 261. The molecule has 16 heavy (non-hydrogen) atoms. The minimum absolute atomic E-state index is 0.351. The molecule has 0 fully saturated rings. The zero-order valence-electron chi connectivity index (χ0n) is 10.6. The van der Waals surface area contributed by atoms with E-state index in [1.807, 2.05) is 35.3 Å². The first-order valence-corrected chi connectivity index (χ1v) is 6.50. The van der Waals surface area contributed by atoms with E-state index in [4.69, 9.17) is 4.84 Å². The summed E-state index contributed by atoms with van der Waals surface area (Å²) in [7, 11) is 0. The molecule has 0 saturated heterocycles. The fourth-order valence-corrected chi connectivity index (χ4v) is 1.76. The average molecular weight is 222 g/mol. The number of aromatic nitrogens is 1. The molecule has 1 atom stereocenters. The number of nitrogens with zero attached hydrogens (tertiary/aromatic N) is 1. The lowest BCUT2D eigenvalue weighted by atomic mass is 10.1. The minimum atomic E-state index is 0.351. The lowest BCUT2D eigenvalue weighted by Gasteiger charge is -2.10. The maximum absolute atomic E-state index is 5.86. The van der Waals surface area contributed by atoms with Gasteiger partial charge in [0.15, 0.2) is 6.10 Å². The zero-order chi connectivity index (χ0) is 11.6. The molecular weight excluding hydrogens is 198 g/mol. The molecule has 0 aliphatic carbocycles. The maximum Gasteiger partial charge on any atom is 0.222 e. The summed E-state index contributed by atoms with van der Waals surface area (Å²) in [6, 6.07) is 5.98. The van der Waals surface area contributed by atoms with Gasteiger partial charge in [-0.15, -0.1) is 0 Å². The molecule has 0 N–H and O–H groups in total. The van der Waals surface area contributed by atoms with Crippen LogP contribution in [0.5, 0.6) is 0 Å². The van der Waals surface area contributed by atoms with Gasteiger partial charge in [0.05, 0.1) is 0 Å². The first-order valence-electron chi connectivity index (χ1n) is 6.50. The molecule has 0 radical (unpaired) electrons. The highest BCUT2D eigenvalue weighted by Gasteiger charge is 2.12. The molecule has 0 spiro atoms. The van der Waals surface area contributed by atoms with Crippen LogP contribution in [0.25, 0.3) is 0 Å². The van der Waals surface area contributed by atoms with Crippen LogP contribution in [0.1, 0.15) is 52.4 Å². The summed E-state index contributed by atoms with van der Waals surface area (Å²) in [6.45, 7) is 4.43. The van der Waals surface area contributed by atoms with Gasteiger partial charge in [-0.3, -0.25) is 4.84 Å². The van der Waals surface area contributed by atoms with Crippen LogP contribution in [0.2, 0.25) is 0 Å². The second-order valence-corrected chi connectivity index (χ2v) is 4.22. The highest BCUT2D eigenvalue weighted by atomic mass is 16.7. The highest BCUT2D eigenvalue weighted by molar-refractivity contribution is 4.83. The van der Waals surface area contributed by atoms with Crippen LogP contribution in [0.15, 0.2) is 30.6 Å². The van der Waals surface area contributed by atoms with Crippen molar-refractivity contribution in [2.75, 3.05) is 0 Å². The quantitative estimate of drug-likeness (QED) is 0.486. The largest absolute Gasteiger partial charge is 0.268 e. The molecule has 1 heterocycles. The average Bonchev–Trinajstić information content (AvgIpc) is 2.34. The molecule has 1 aromatic rings. The van der Waals surface area contributed by atoms with Gasteiger partial charge in [0, 0.05) is 16.9 Å². The first-order chi connectivity index (χ1) is 7.86. The lowest BCUT2D eigenvalue weighted by Crippen LogP contribution is -2.46. The van der Waals surface area contributed by atoms with Gasteiger partial charge in [-0.1, -0.05) is 39.2 Å². The Balaban J connectivity index is 2.26. The minimum Gasteiger partial charge on any atom is -0.268 e. The Kier molecular flexibility index (Phi) is 6.62. The van der Waals surface area contributed by atoms with E-state index in [-0.39, 0.29) is 0 Å². The Morgan fingerprint density at radius 2 is 1.75 bits per heavy atom. The molecule has 0 aromatic carbocycles. The van der Waals surface area contributed by atoms with Gasteiger partial charge < -0.3 is 0 Å². The van der Waals surface area contributed by atoms with E-state index < -0.39 is 0 Å². The third kappa shape index (κ3) is 5.15. The number of rotatable bonds is 8. The highest BCUT2D eigenvalue weighted by Crippen LogP contribution is 2.08. The molecule has 90 valence electrons. The Morgan fingerprint density at radius 1 is 1.00 bits per heavy atom. The number of hydrogen-bond donors (Lipinski definition) is 0. The summed E-state index contributed by atoms with van der Waals surface area (Å²) in [5.74, 6) is 0. The molecule has 0 bridgehead atoms. The molecule has 1 aromatic heterocycles. The molecule has 1 unspecified atom stereocenters. The Labute approximate surface area is 99.2 Å². The summed E-state index contributed by atoms with van der Waals surface area (Å²) < 4.78 is 1.81. The molecule has 0 aliphatic heterocycles. The third-order valence-electron chi connectivity index (χ3n) is 2.79. The van der Waals surface area contributed by atoms with Gasteiger partial charge in [-0.05, 0) is 19.3 Å². The summed E-state index contributed by atoms with van der Waals surface area (Å²) in [5.41, 5.74) is 0. The number of pyridine rings is 1. The topological polar surface area (TPSA) is 13.1 Å². The monoisotopic (exact) mass is 222 g/mol. The molecule has 1 rings (SSSR count). The predicted molar refractivity (Wildman–Crippen MR) is 66.1 cm³/mol. The van der Waals surface area contributed by atoms with Gasteiger partial charge in [-0.25, -0.2) is 0 Å². The maximum atomic E-state index is 5.86. The van der Waals surface area contributed by atoms with E-state index in [0.717, 1.165) is 6.42 Å². The van der Waals surface area contributed by atoms with Gasteiger partial charge in [0.25, 0.3) is 0 Å². The van der Waals surface area contributed by atoms with Crippen molar-refractivity contribution in [3.05, 3.63) is 30.6 Å². The van der Waals surface area contributed by atoms with E-state index in [0.29, 0.717) is 6.10 Å². The van der Waals surface area contributed by atoms with Crippen LogP contribution in [0, 0.1) is 0 Å². The fraction of sp³-hybridized carbons (Fsp3) is 0.643. The van der Waals surface area contributed by atoms with Crippen molar-refractivity contribution in [2.45, 2.75) is 58.5 Å². The van der Waals surface area contributed by atoms with E-state index in [2.05, 4.69) is 13.8 Å². The van der Waals surface area contributed by atoms with Crippen molar-refractivity contribution >= 4 is 0 Å². The van der Waals surface area contributed by atoms with Crippen LogP contribution in [-0.2, 0) is 0 Å². The molecular formula is C14H24NO+. The zero-order valence-corrected chi connectivity index (χ0v) is 10.6. The van der Waals surface area contributed by atoms with Crippen LogP contribution >= 0.6 is 0 Å². The smallest absolute Gasteiger partial charge is 0.222 e. The fourth-order valence-electron chi connectivity index (χ4n) is 1.76. The van der Waals surface area contributed by atoms with Crippen molar-refractivity contribution in [1.29, 1.82) is 0 Å². The second kappa shape index (κ2) is 8.14. The van der Waals surface area contributed by atoms with Gasteiger partial charge in [-0.2, -0.15) is 0 Å². The molecule has 0 saturated carbocycles. The van der Waals surface area contributed by atoms with Gasteiger partial charge in [0.1, 0.15) is 0 Å². The summed E-state index contributed by atoms with van der Waals surface area (Å²) in [4.78, 5) is 5.86. The second-order valence-electron chi connectivity index (χ2n) is 4.22. The molecule has 2 heteroatoms. The third-order valence-corrected chi connectivity index (χ3v) is 2.79. The van der Waals surface area contributed by atoms with Crippen LogP contribution < -0.4 is 9.57 Å². The van der Waals surface area contributed by atoms with Crippen molar-refractivity contribution in [1.82, 2.24) is 0 Å². The van der Waals surface area contributed by atoms with Crippen LogP contribution in [0.3, 0.4) is 0 Å². The van der Waals surface area contributed by atoms with E-state index in [1.54, 1.807) is 0 Å². The lowest BCUT2D eigenvalue weighted by molar-refractivity contribution is -0.899. The molecule has 0 aliphatic rings. The van der Waals surface area contributed by atoms with E-state index >= 15 is 0 Å². The summed E-state index contributed by atoms with van der Waals surface area (Å²) in [6.07, 6.45) is 11.7. The number of hydrogen-bond acceptors (Lipinski definition) is 1. The normalized spacial score (nSPS) is 12.4. The molecule has 2 nitrogen and oxygen atoms in total. The van der Waals surface area contributed by atoms with Crippen LogP contribution in [-0.4, -0.2) is 6.10 Å². The van der Waals surface area contributed by atoms with Crippen molar-refractivity contribution in [2.24, 2.45) is 0 Å². The SMILES string of the molecule is CCCCCCC(CC)O[n+]1ccccc1.